The highest BCUT2D eigenvalue weighted by molar-refractivity contribution is 5.83. The monoisotopic (exact) mass is 126 g/mol. The summed E-state index contributed by atoms with van der Waals surface area (Å²) in [6, 6.07) is 0. The minimum atomic E-state index is -0.361. The number of aliphatic hydroxyl groups excluding tert-OH is 1. The zero-order valence-electron chi connectivity index (χ0n) is 4.70. The number of carbonyl (C=O) groups excluding carboxylic acids is 1. The Hall–Kier alpha value is -1.25. The fourth-order valence-electron chi connectivity index (χ4n) is 0.506. The van der Waals surface area contributed by atoms with Crippen LogP contribution in [0.5, 0.6) is 0 Å². The summed E-state index contributed by atoms with van der Waals surface area (Å²) in [6.07, 6.45) is 3.71. The molecule has 0 unspecified atom stereocenters. The molecule has 0 aromatic carbocycles. The van der Waals surface area contributed by atoms with E-state index >= 15 is 0 Å². The van der Waals surface area contributed by atoms with E-state index in [2.05, 4.69) is 4.74 Å². The van der Waals surface area contributed by atoms with Crippen molar-refractivity contribution in [1.29, 1.82) is 0 Å². The second kappa shape index (κ2) is 2.35. The highest BCUT2D eigenvalue weighted by Crippen LogP contribution is 2.02. The number of aliphatic hydroxyl groups is 1. The molecule has 0 aromatic heterocycles. The Bertz CT molecular complexity index is 179. The van der Waals surface area contributed by atoms with Gasteiger partial charge in [0.1, 0.15) is 6.61 Å². The molecule has 0 bridgehead atoms. The summed E-state index contributed by atoms with van der Waals surface area (Å²) >= 11 is 0. The van der Waals surface area contributed by atoms with Crippen molar-refractivity contribution in [2.75, 3.05) is 6.61 Å². The fraction of sp³-hybridized carbons (Fsp3) is 0.167. The van der Waals surface area contributed by atoms with E-state index < -0.39 is 0 Å². The maximum atomic E-state index is 10.3. The fourth-order valence-corrected chi connectivity index (χ4v) is 0.506. The SMILES string of the molecule is O=C1C=C/C(=C\O)CO1. The van der Waals surface area contributed by atoms with Crippen LogP contribution in [0.4, 0.5) is 0 Å². The van der Waals surface area contributed by atoms with Gasteiger partial charge in [-0.05, 0) is 6.08 Å². The molecular weight excluding hydrogens is 120 g/mol. The molecule has 1 aliphatic heterocycles. The summed E-state index contributed by atoms with van der Waals surface area (Å²) < 4.78 is 4.53. The van der Waals surface area contributed by atoms with E-state index in [4.69, 9.17) is 5.11 Å². The van der Waals surface area contributed by atoms with Crippen LogP contribution in [-0.4, -0.2) is 17.7 Å². The van der Waals surface area contributed by atoms with Crippen LogP contribution in [0.2, 0.25) is 0 Å². The molecule has 0 saturated heterocycles. The molecule has 0 aliphatic carbocycles. The van der Waals surface area contributed by atoms with Gasteiger partial charge in [0.25, 0.3) is 0 Å². The van der Waals surface area contributed by atoms with Gasteiger partial charge >= 0.3 is 5.97 Å². The summed E-state index contributed by atoms with van der Waals surface area (Å²) in [5.41, 5.74) is 0.606. The summed E-state index contributed by atoms with van der Waals surface area (Å²) in [5.74, 6) is -0.361. The predicted molar refractivity (Wildman–Crippen MR) is 30.8 cm³/mol. The van der Waals surface area contributed by atoms with Crippen molar-refractivity contribution in [3.8, 4) is 0 Å². The normalized spacial score (nSPS) is 22.2. The molecule has 48 valence electrons. The standard InChI is InChI=1S/C6H6O3/c7-3-5-1-2-6(8)9-4-5/h1-3,7H,4H2/b5-3+. The smallest absolute Gasteiger partial charge is 0.331 e. The highest BCUT2D eigenvalue weighted by atomic mass is 16.5. The van der Waals surface area contributed by atoms with Crippen molar-refractivity contribution in [3.05, 3.63) is 24.0 Å². The number of rotatable bonds is 0. The van der Waals surface area contributed by atoms with Gasteiger partial charge in [0.2, 0.25) is 0 Å². The van der Waals surface area contributed by atoms with Gasteiger partial charge in [-0.1, -0.05) is 0 Å². The Balaban J connectivity index is 2.69. The van der Waals surface area contributed by atoms with E-state index in [0.717, 1.165) is 6.26 Å². The molecule has 0 saturated carbocycles. The van der Waals surface area contributed by atoms with Crippen LogP contribution in [0.1, 0.15) is 0 Å². The van der Waals surface area contributed by atoms with Crippen molar-refractivity contribution < 1.29 is 14.6 Å². The van der Waals surface area contributed by atoms with Crippen LogP contribution in [0, 0.1) is 0 Å². The van der Waals surface area contributed by atoms with Crippen LogP contribution in [0.3, 0.4) is 0 Å². The van der Waals surface area contributed by atoms with E-state index in [0.29, 0.717) is 5.57 Å². The first-order valence-electron chi connectivity index (χ1n) is 2.51. The van der Waals surface area contributed by atoms with Crippen molar-refractivity contribution in [2.45, 2.75) is 0 Å². The van der Waals surface area contributed by atoms with Crippen molar-refractivity contribution >= 4 is 5.97 Å². The maximum Gasteiger partial charge on any atom is 0.331 e. The zero-order chi connectivity index (χ0) is 6.69. The van der Waals surface area contributed by atoms with Crippen LogP contribution in [0.15, 0.2) is 24.0 Å². The number of esters is 1. The highest BCUT2D eigenvalue weighted by Gasteiger charge is 2.04. The molecule has 1 N–H and O–H groups in total. The summed E-state index contributed by atoms with van der Waals surface area (Å²) in [7, 11) is 0. The molecule has 0 spiro atoms. The average Bonchev–Trinajstić information content (AvgIpc) is 1.90. The van der Waals surface area contributed by atoms with Gasteiger partial charge in [0.05, 0.1) is 6.26 Å². The Morgan fingerprint density at radius 1 is 1.67 bits per heavy atom. The number of cyclic esters (lactones) is 1. The molecule has 0 atom stereocenters. The van der Waals surface area contributed by atoms with Gasteiger partial charge in [-0.25, -0.2) is 4.79 Å². The van der Waals surface area contributed by atoms with Gasteiger partial charge in [-0.2, -0.15) is 0 Å². The maximum absolute atomic E-state index is 10.3. The summed E-state index contributed by atoms with van der Waals surface area (Å²) in [5, 5.41) is 8.37. The summed E-state index contributed by atoms with van der Waals surface area (Å²) in [6.45, 7) is 0.172. The molecule has 3 nitrogen and oxygen atoms in total. The quantitative estimate of drug-likeness (QED) is 0.380. The average molecular weight is 126 g/mol. The van der Waals surface area contributed by atoms with Gasteiger partial charge in [0.15, 0.2) is 0 Å². The van der Waals surface area contributed by atoms with Gasteiger partial charge in [-0.15, -0.1) is 0 Å². The first kappa shape index (κ1) is 5.88. The number of ether oxygens (including phenoxy) is 1. The van der Waals surface area contributed by atoms with E-state index in [1.807, 2.05) is 0 Å². The largest absolute Gasteiger partial charge is 0.515 e. The van der Waals surface area contributed by atoms with Crippen molar-refractivity contribution in [2.24, 2.45) is 0 Å². The van der Waals surface area contributed by atoms with Gasteiger partial charge in [-0.3, -0.25) is 0 Å². The van der Waals surface area contributed by atoms with Crippen molar-refractivity contribution in [1.82, 2.24) is 0 Å². The first-order chi connectivity index (χ1) is 4.33. The predicted octanol–water partition coefficient (Wildman–Crippen LogP) is 0.541. The molecule has 1 aliphatic rings. The second-order valence-electron chi connectivity index (χ2n) is 1.65. The second-order valence-corrected chi connectivity index (χ2v) is 1.65. The zero-order valence-corrected chi connectivity index (χ0v) is 4.70. The lowest BCUT2D eigenvalue weighted by atomic mass is 10.2. The van der Waals surface area contributed by atoms with Crippen molar-refractivity contribution in [3.63, 3.8) is 0 Å². The third-order valence-electron chi connectivity index (χ3n) is 0.980. The lowest BCUT2D eigenvalue weighted by molar-refractivity contribution is -0.137. The Labute approximate surface area is 52.2 Å². The molecular formula is C6H6O3. The molecule has 9 heavy (non-hydrogen) atoms. The number of hydrogen-bond acceptors (Lipinski definition) is 3. The minimum absolute atomic E-state index is 0.172. The Morgan fingerprint density at radius 2 is 2.44 bits per heavy atom. The number of carbonyl (C=O) groups is 1. The molecule has 0 amide bonds. The van der Waals surface area contributed by atoms with Crippen LogP contribution >= 0.6 is 0 Å². The third kappa shape index (κ3) is 1.32. The Morgan fingerprint density at radius 3 is 2.89 bits per heavy atom. The van der Waals surface area contributed by atoms with Gasteiger partial charge < -0.3 is 9.84 Å². The number of hydrogen-bond donors (Lipinski definition) is 1. The Kier molecular flexibility index (Phi) is 1.53. The van der Waals surface area contributed by atoms with Crippen LogP contribution in [-0.2, 0) is 9.53 Å². The van der Waals surface area contributed by atoms with E-state index in [1.165, 1.54) is 12.2 Å². The van der Waals surface area contributed by atoms with E-state index in [1.54, 1.807) is 0 Å². The van der Waals surface area contributed by atoms with Gasteiger partial charge in [0, 0.05) is 11.6 Å². The summed E-state index contributed by atoms with van der Waals surface area (Å²) in [4.78, 5) is 10.3. The molecule has 3 heteroatoms. The molecule has 1 rings (SSSR count). The topological polar surface area (TPSA) is 46.5 Å². The first-order valence-corrected chi connectivity index (χ1v) is 2.51. The molecule has 0 radical (unpaired) electrons. The molecule has 0 aromatic rings. The van der Waals surface area contributed by atoms with Crippen LogP contribution < -0.4 is 0 Å². The molecule has 1 heterocycles. The third-order valence-corrected chi connectivity index (χ3v) is 0.980. The molecule has 0 fully saturated rings. The lowest BCUT2D eigenvalue weighted by Crippen LogP contribution is -2.08. The van der Waals surface area contributed by atoms with Crippen LogP contribution in [0.25, 0.3) is 0 Å². The minimum Gasteiger partial charge on any atom is -0.515 e. The lowest BCUT2D eigenvalue weighted by Gasteiger charge is -2.05. The van der Waals surface area contributed by atoms with E-state index in [-0.39, 0.29) is 12.6 Å². The van der Waals surface area contributed by atoms with E-state index in [9.17, 15) is 4.79 Å².